The third kappa shape index (κ3) is 3.06. The van der Waals surface area contributed by atoms with Crippen molar-refractivity contribution in [3.8, 4) is 11.5 Å². The summed E-state index contributed by atoms with van der Waals surface area (Å²) in [5, 5.41) is 5.95. The number of hydrogen-bond acceptors (Lipinski definition) is 6. The van der Waals surface area contributed by atoms with Gasteiger partial charge in [-0.05, 0) is 13.8 Å². The number of rotatable bonds is 3. The van der Waals surface area contributed by atoms with E-state index in [2.05, 4.69) is 10.6 Å². The van der Waals surface area contributed by atoms with Gasteiger partial charge in [-0.1, -0.05) is 0 Å². The van der Waals surface area contributed by atoms with Crippen LogP contribution in [0.15, 0.2) is 17.0 Å². The van der Waals surface area contributed by atoms with Crippen LogP contribution in [0.2, 0.25) is 0 Å². The minimum atomic E-state index is -3.74. The Morgan fingerprint density at radius 1 is 1.25 bits per heavy atom. The van der Waals surface area contributed by atoms with E-state index in [0.717, 1.165) is 0 Å². The first-order valence-corrected chi connectivity index (χ1v) is 9.16. The number of nitrogens with zero attached hydrogens (tertiary/aromatic N) is 1. The quantitative estimate of drug-likeness (QED) is 0.815. The molecule has 0 bridgehead atoms. The number of hydrogen-bond donors (Lipinski definition) is 2. The minimum Gasteiger partial charge on any atom is -0.495 e. The first kappa shape index (κ1) is 17.0. The molecule has 24 heavy (non-hydrogen) atoms. The highest BCUT2D eigenvalue weighted by atomic mass is 32.2. The number of piperazine rings is 1. The van der Waals surface area contributed by atoms with Crippen LogP contribution in [0.4, 0.5) is 5.69 Å². The number of fused-ring (bicyclic) bond motifs is 1. The number of amides is 1. The normalized spacial score (nSPS) is 24.7. The van der Waals surface area contributed by atoms with Gasteiger partial charge in [-0.25, -0.2) is 8.42 Å². The Morgan fingerprint density at radius 2 is 1.92 bits per heavy atom. The number of nitrogens with one attached hydrogen (secondary N) is 2. The van der Waals surface area contributed by atoms with Gasteiger partial charge in [0, 0.05) is 37.3 Å². The molecule has 0 radical (unpaired) electrons. The number of benzene rings is 1. The van der Waals surface area contributed by atoms with Crippen LogP contribution in [0.25, 0.3) is 0 Å². The second-order valence-corrected chi connectivity index (χ2v) is 8.03. The van der Waals surface area contributed by atoms with Crippen LogP contribution in [0, 0.1) is 0 Å². The standard InChI is InChI=1S/C15H21N3O5S/c1-9-6-18(7-10(2)16-9)24(20,21)14-5-12-11(4-13(14)22-3)17-15(19)8-23-12/h4-5,9-10,16H,6-8H2,1-3H3,(H,17,19). The summed E-state index contributed by atoms with van der Waals surface area (Å²) in [4.78, 5) is 11.5. The Hall–Kier alpha value is -1.84. The molecule has 2 heterocycles. The van der Waals surface area contributed by atoms with Crippen LogP contribution in [0.5, 0.6) is 11.5 Å². The fourth-order valence-corrected chi connectivity index (χ4v) is 4.83. The lowest BCUT2D eigenvalue weighted by Crippen LogP contribution is -2.55. The van der Waals surface area contributed by atoms with Crippen molar-refractivity contribution in [1.29, 1.82) is 0 Å². The van der Waals surface area contributed by atoms with E-state index >= 15 is 0 Å². The highest BCUT2D eigenvalue weighted by molar-refractivity contribution is 7.89. The number of methoxy groups -OCH3 is 1. The van der Waals surface area contributed by atoms with Crippen LogP contribution in [-0.2, 0) is 14.8 Å². The van der Waals surface area contributed by atoms with Crippen LogP contribution >= 0.6 is 0 Å². The van der Waals surface area contributed by atoms with E-state index in [4.69, 9.17) is 9.47 Å². The lowest BCUT2D eigenvalue weighted by molar-refractivity contribution is -0.118. The highest BCUT2D eigenvalue weighted by Gasteiger charge is 2.34. The van der Waals surface area contributed by atoms with E-state index in [1.165, 1.54) is 23.5 Å². The Kier molecular flexibility index (Phi) is 4.41. The summed E-state index contributed by atoms with van der Waals surface area (Å²) in [5.41, 5.74) is 0.407. The fourth-order valence-electron chi connectivity index (χ4n) is 3.06. The summed E-state index contributed by atoms with van der Waals surface area (Å²) >= 11 is 0. The number of sulfonamides is 1. The van der Waals surface area contributed by atoms with E-state index in [1.54, 1.807) is 0 Å². The van der Waals surface area contributed by atoms with Gasteiger partial charge in [-0.3, -0.25) is 4.79 Å². The van der Waals surface area contributed by atoms with Gasteiger partial charge in [0.05, 0.1) is 12.8 Å². The molecule has 132 valence electrons. The second kappa shape index (κ2) is 6.23. The average molecular weight is 355 g/mol. The van der Waals surface area contributed by atoms with Crippen molar-refractivity contribution in [2.45, 2.75) is 30.8 Å². The summed E-state index contributed by atoms with van der Waals surface area (Å²) in [6.45, 7) is 4.51. The molecule has 0 aliphatic carbocycles. The maximum Gasteiger partial charge on any atom is 0.262 e. The van der Waals surface area contributed by atoms with Crippen molar-refractivity contribution >= 4 is 21.6 Å². The Balaban J connectivity index is 2.02. The number of anilines is 1. The van der Waals surface area contributed by atoms with Gasteiger partial charge in [0.15, 0.2) is 6.61 Å². The average Bonchev–Trinajstić information content (AvgIpc) is 2.52. The monoisotopic (exact) mass is 355 g/mol. The van der Waals surface area contributed by atoms with E-state index in [1.807, 2.05) is 13.8 Å². The molecule has 0 saturated carbocycles. The molecule has 1 aromatic rings. The van der Waals surface area contributed by atoms with Crippen molar-refractivity contribution in [2.75, 3.05) is 32.1 Å². The first-order valence-electron chi connectivity index (χ1n) is 7.72. The first-order chi connectivity index (χ1) is 11.3. The van der Waals surface area contributed by atoms with Crippen LogP contribution < -0.4 is 20.1 Å². The molecule has 3 rings (SSSR count). The fraction of sp³-hybridized carbons (Fsp3) is 0.533. The molecule has 8 nitrogen and oxygen atoms in total. The van der Waals surface area contributed by atoms with Crippen LogP contribution in [0.1, 0.15) is 13.8 Å². The molecule has 1 fully saturated rings. The van der Waals surface area contributed by atoms with E-state index in [9.17, 15) is 13.2 Å². The maximum atomic E-state index is 13.1. The zero-order valence-electron chi connectivity index (χ0n) is 13.8. The molecule has 0 aromatic heterocycles. The van der Waals surface area contributed by atoms with Gasteiger partial charge in [0.2, 0.25) is 10.0 Å². The smallest absolute Gasteiger partial charge is 0.262 e. The van der Waals surface area contributed by atoms with Gasteiger partial charge in [-0.15, -0.1) is 0 Å². The predicted molar refractivity (Wildman–Crippen MR) is 87.9 cm³/mol. The molecule has 0 spiro atoms. The topological polar surface area (TPSA) is 97.0 Å². The SMILES string of the molecule is COc1cc2c(cc1S(=O)(=O)N1CC(C)NC(C)C1)OCC(=O)N2. The molecule has 1 aromatic carbocycles. The Bertz CT molecular complexity index is 755. The van der Waals surface area contributed by atoms with Crippen LogP contribution in [0.3, 0.4) is 0 Å². The number of ether oxygens (including phenoxy) is 2. The molecule has 1 amide bonds. The summed E-state index contributed by atoms with van der Waals surface area (Å²) < 4.78 is 38.2. The summed E-state index contributed by atoms with van der Waals surface area (Å²) in [5.74, 6) is 0.216. The van der Waals surface area contributed by atoms with Gasteiger partial charge in [0.1, 0.15) is 16.4 Å². The molecule has 2 aliphatic rings. The highest BCUT2D eigenvalue weighted by Crippen LogP contribution is 2.38. The van der Waals surface area contributed by atoms with Gasteiger partial charge >= 0.3 is 0 Å². The van der Waals surface area contributed by atoms with Crippen molar-refractivity contribution in [3.63, 3.8) is 0 Å². The zero-order chi connectivity index (χ0) is 17.5. The minimum absolute atomic E-state index is 0.0428. The molecular formula is C15H21N3O5S. The molecule has 2 aliphatic heterocycles. The number of carbonyl (C=O) groups excluding carboxylic acids is 1. The summed E-state index contributed by atoms with van der Waals surface area (Å²) in [6, 6.07) is 3.01. The van der Waals surface area contributed by atoms with Crippen LogP contribution in [-0.4, -0.2) is 57.5 Å². The van der Waals surface area contributed by atoms with Gasteiger partial charge in [0.25, 0.3) is 5.91 Å². The Labute approximate surface area is 141 Å². The van der Waals surface area contributed by atoms with E-state index in [0.29, 0.717) is 24.5 Å². The third-order valence-electron chi connectivity index (χ3n) is 4.04. The van der Waals surface area contributed by atoms with Gasteiger partial charge < -0.3 is 20.1 Å². The lowest BCUT2D eigenvalue weighted by Gasteiger charge is -2.35. The molecule has 2 unspecified atom stereocenters. The Morgan fingerprint density at radius 3 is 2.54 bits per heavy atom. The molecular weight excluding hydrogens is 334 g/mol. The molecule has 1 saturated heterocycles. The van der Waals surface area contributed by atoms with E-state index < -0.39 is 10.0 Å². The van der Waals surface area contributed by atoms with Crippen molar-refractivity contribution in [2.24, 2.45) is 0 Å². The zero-order valence-corrected chi connectivity index (χ0v) is 14.6. The molecule has 9 heteroatoms. The largest absolute Gasteiger partial charge is 0.495 e. The lowest BCUT2D eigenvalue weighted by atomic mass is 10.2. The number of carbonyl (C=O) groups is 1. The predicted octanol–water partition coefficient (Wildman–Crippen LogP) is 0.397. The molecule has 2 atom stereocenters. The molecule has 2 N–H and O–H groups in total. The third-order valence-corrected chi connectivity index (χ3v) is 5.89. The van der Waals surface area contributed by atoms with Crippen molar-refractivity contribution < 1.29 is 22.7 Å². The maximum absolute atomic E-state index is 13.1. The van der Waals surface area contributed by atoms with Gasteiger partial charge in [-0.2, -0.15) is 4.31 Å². The second-order valence-electron chi connectivity index (χ2n) is 6.13. The van der Waals surface area contributed by atoms with Crippen molar-refractivity contribution in [3.05, 3.63) is 12.1 Å². The summed E-state index contributed by atoms with van der Waals surface area (Å²) in [7, 11) is -2.34. The van der Waals surface area contributed by atoms with Crippen molar-refractivity contribution in [1.82, 2.24) is 9.62 Å². The van der Waals surface area contributed by atoms with E-state index in [-0.39, 0.29) is 35.2 Å². The summed E-state index contributed by atoms with van der Waals surface area (Å²) in [6.07, 6.45) is 0.